The second-order valence-corrected chi connectivity index (χ2v) is 6.76. The molecule has 2 N–H and O–H groups in total. The number of anilines is 1. The molecule has 0 aliphatic heterocycles. The van der Waals surface area contributed by atoms with E-state index >= 15 is 0 Å². The summed E-state index contributed by atoms with van der Waals surface area (Å²) in [6, 6.07) is 9.19. The summed E-state index contributed by atoms with van der Waals surface area (Å²) in [5, 5.41) is 15.8. The molecule has 2 rings (SSSR count). The van der Waals surface area contributed by atoms with Crippen LogP contribution in [0.4, 0.5) is 5.69 Å². The van der Waals surface area contributed by atoms with Crippen molar-refractivity contribution in [3.63, 3.8) is 0 Å². The Kier molecular flexibility index (Phi) is 6.03. The third-order valence-corrected chi connectivity index (χ3v) is 4.41. The third-order valence-electron chi connectivity index (χ3n) is 3.42. The van der Waals surface area contributed by atoms with Crippen LogP contribution in [0.5, 0.6) is 0 Å². The second-order valence-electron chi connectivity index (χ2n) is 5.77. The second kappa shape index (κ2) is 8.01. The van der Waals surface area contributed by atoms with E-state index in [0.29, 0.717) is 23.1 Å². The zero-order valence-corrected chi connectivity index (χ0v) is 14.8. The number of carbonyl (C=O) groups excluding carboxylic acids is 1. The maximum absolute atomic E-state index is 12.3. The standard InChI is InChI=1S/C17H21N3O3S/c1-11(2)15-8-14(19-20(15)3)17(23)18-13-6-4-5-12(7-13)9-24-10-16(21)22/h4-8,11H,9-10H2,1-3H3,(H,18,23)(H,21,22). The van der Waals surface area contributed by atoms with Gasteiger partial charge in [-0.05, 0) is 29.7 Å². The van der Waals surface area contributed by atoms with Gasteiger partial charge in [0.1, 0.15) is 0 Å². The number of amides is 1. The van der Waals surface area contributed by atoms with Crippen LogP contribution < -0.4 is 5.32 Å². The van der Waals surface area contributed by atoms with Crippen LogP contribution in [0.1, 0.15) is 41.5 Å². The molecule has 1 aromatic heterocycles. The smallest absolute Gasteiger partial charge is 0.313 e. The maximum Gasteiger partial charge on any atom is 0.313 e. The lowest BCUT2D eigenvalue weighted by Gasteiger charge is -2.06. The summed E-state index contributed by atoms with van der Waals surface area (Å²) in [6.45, 7) is 4.11. The summed E-state index contributed by atoms with van der Waals surface area (Å²) in [5.41, 5.74) is 3.01. The van der Waals surface area contributed by atoms with E-state index in [9.17, 15) is 9.59 Å². The Bertz CT molecular complexity index is 740. The molecule has 2 aromatic rings. The molecule has 0 saturated carbocycles. The molecule has 1 aromatic carbocycles. The molecular formula is C17H21N3O3S. The molecule has 7 heteroatoms. The van der Waals surface area contributed by atoms with E-state index in [1.54, 1.807) is 16.8 Å². The summed E-state index contributed by atoms with van der Waals surface area (Å²) in [6.07, 6.45) is 0. The number of hydrogen-bond donors (Lipinski definition) is 2. The highest BCUT2D eigenvalue weighted by Gasteiger charge is 2.15. The molecule has 1 heterocycles. The average molecular weight is 347 g/mol. The van der Waals surface area contributed by atoms with Gasteiger partial charge in [-0.3, -0.25) is 14.3 Å². The van der Waals surface area contributed by atoms with Gasteiger partial charge in [-0.15, -0.1) is 11.8 Å². The number of rotatable bonds is 7. The minimum Gasteiger partial charge on any atom is -0.481 e. The zero-order valence-electron chi connectivity index (χ0n) is 13.9. The molecule has 0 bridgehead atoms. The molecule has 0 atom stereocenters. The lowest BCUT2D eigenvalue weighted by atomic mass is 10.1. The van der Waals surface area contributed by atoms with E-state index in [2.05, 4.69) is 24.3 Å². The number of carbonyl (C=O) groups is 2. The molecule has 0 aliphatic carbocycles. The first-order valence-electron chi connectivity index (χ1n) is 7.60. The molecule has 0 fully saturated rings. The number of carboxylic acid groups (broad SMARTS) is 1. The van der Waals surface area contributed by atoms with Gasteiger partial charge in [0.15, 0.2) is 5.69 Å². The van der Waals surface area contributed by atoms with Crippen LogP contribution in [0.3, 0.4) is 0 Å². The Morgan fingerprint density at radius 1 is 1.33 bits per heavy atom. The summed E-state index contributed by atoms with van der Waals surface area (Å²) < 4.78 is 1.72. The van der Waals surface area contributed by atoms with Crippen molar-refractivity contribution in [2.75, 3.05) is 11.1 Å². The topological polar surface area (TPSA) is 84.2 Å². The van der Waals surface area contributed by atoms with Gasteiger partial charge in [0.25, 0.3) is 5.91 Å². The highest BCUT2D eigenvalue weighted by Crippen LogP contribution is 2.18. The summed E-state index contributed by atoms with van der Waals surface area (Å²) in [5.74, 6) is -0.161. The lowest BCUT2D eigenvalue weighted by molar-refractivity contribution is -0.133. The number of nitrogens with one attached hydrogen (secondary N) is 1. The SMILES string of the molecule is CC(C)c1cc(C(=O)Nc2cccc(CSCC(=O)O)c2)nn1C. The van der Waals surface area contributed by atoms with Crippen LogP contribution >= 0.6 is 11.8 Å². The van der Waals surface area contributed by atoms with Crippen LogP contribution in [0.25, 0.3) is 0 Å². The maximum atomic E-state index is 12.3. The minimum atomic E-state index is -0.833. The normalized spacial score (nSPS) is 10.8. The molecule has 24 heavy (non-hydrogen) atoms. The largest absolute Gasteiger partial charge is 0.481 e. The molecule has 1 amide bonds. The predicted molar refractivity (Wildman–Crippen MR) is 95.5 cm³/mol. The Morgan fingerprint density at radius 3 is 2.71 bits per heavy atom. The van der Waals surface area contributed by atoms with E-state index in [1.807, 2.05) is 25.2 Å². The summed E-state index contributed by atoms with van der Waals surface area (Å²) in [4.78, 5) is 22.9. The molecule has 0 saturated heterocycles. The van der Waals surface area contributed by atoms with Crippen LogP contribution in [-0.2, 0) is 17.6 Å². The first-order valence-corrected chi connectivity index (χ1v) is 8.76. The lowest BCUT2D eigenvalue weighted by Crippen LogP contribution is -2.13. The molecule has 0 spiro atoms. The van der Waals surface area contributed by atoms with Gasteiger partial charge in [0, 0.05) is 24.2 Å². The molecular weight excluding hydrogens is 326 g/mol. The van der Waals surface area contributed by atoms with Gasteiger partial charge in [-0.1, -0.05) is 26.0 Å². The van der Waals surface area contributed by atoms with E-state index in [-0.39, 0.29) is 11.7 Å². The van der Waals surface area contributed by atoms with Crippen molar-refractivity contribution in [2.45, 2.75) is 25.5 Å². The first kappa shape index (κ1) is 18.1. The van der Waals surface area contributed by atoms with Gasteiger partial charge >= 0.3 is 5.97 Å². The summed E-state index contributed by atoms with van der Waals surface area (Å²) >= 11 is 1.32. The summed E-state index contributed by atoms with van der Waals surface area (Å²) in [7, 11) is 1.83. The Balaban J connectivity index is 2.03. The Labute approximate surface area is 145 Å². The van der Waals surface area contributed by atoms with Crippen LogP contribution in [-0.4, -0.2) is 32.5 Å². The number of carboxylic acids is 1. The monoisotopic (exact) mass is 347 g/mol. The number of aromatic nitrogens is 2. The Morgan fingerprint density at radius 2 is 2.08 bits per heavy atom. The van der Waals surface area contributed by atoms with E-state index in [0.717, 1.165) is 11.3 Å². The fourth-order valence-electron chi connectivity index (χ4n) is 2.32. The van der Waals surface area contributed by atoms with E-state index in [4.69, 9.17) is 5.11 Å². The van der Waals surface area contributed by atoms with E-state index < -0.39 is 5.97 Å². The van der Waals surface area contributed by atoms with Gasteiger partial charge in [0.2, 0.25) is 0 Å². The molecule has 0 unspecified atom stereocenters. The molecule has 6 nitrogen and oxygen atoms in total. The average Bonchev–Trinajstić information content (AvgIpc) is 2.89. The van der Waals surface area contributed by atoms with Crippen molar-refractivity contribution in [1.29, 1.82) is 0 Å². The van der Waals surface area contributed by atoms with Crippen molar-refractivity contribution >= 4 is 29.3 Å². The fourth-order valence-corrected chi connectivity index (χ4v) is 3.02. The van der Waals surface area contributed by atoms with Crippen molar-refractivity contribution in [2.24, 2.45) is 7.05 Å². The van der Waals surface area contributed by atoms with Crippen LogP contribution in [0, 0.1) is 0 Å². The number of aryl methyl sites for hydroxylation is 1. The number of benzene rings is 1. The predicted octanol–water partition coefficient (Wildman–Crippen LogP) is 3.11. The zero-order chi connectivity index (χ0) is 17.7. The third kappa shape index (κ3) is 4.86. The highest BCUT2D eigenvalue weighted by atomic mass is 32.2. The van der Waals surface area contributed by atoms with Crippen LogP contribution in [0.15, 0.2) is 30.3 Å². The molecule has 0 aliphatic rings. The highest BCUT2D eigenvalue weighted by molar-refractivity contribution is 7.99. The number of aliphatic carboxylic acids is 1. The van der Waals surface area contributed by atoms with Crippen LogP contribution in [0.2, 0.25) is 0 Å². The first-order chi connectivity index (χ1) is 11.4. The van der Waals surface area contributed by atoms with Crippen molar-refractivity contribution in [3.05, 3.63) is 47.3 Å². The van der Waals surface area contributed by atoms with Crippen molar-refractivity contribution in [1.82, 2.24) is 9.78 Å². The fraction of sp³-hybridized carbons (Fsp3) is 0.353. The molecule has 0 radical (unpaired) electrons. The van der Waals surface area contributed by atoms with Crippen molar-refractivity contribution in [3.8, 4) is 0 Å². The Hall–Kier alpha value is -2.28. The van der Waals surface area contributed by atoms with Crippen molar-refractivity contribution < 1.29 is 14.7 Å². The number of hydrogen-bond acceptors (Lipinski definition) is 4. The number of thioether (sulfide) groups is 1. The van der Waals surface area contributed by atoms with Gasteiger partial charge in [0.05, 0.1) is 5.75 Å². The van der Waals surface area contributed by atoms with Gasteiger partial charge in [-0.25, -0.2) is 0 Å². The van der Waals surface area contributed by atoms with Gasteiger partial charge in [-0.2, -0.15) is 5.10 Å². The quantitative estimate of drug-likeness (QED) is 0.804. The van der Waals surface area contributed by atoms with E-state index in [1.165, 1.54) is 11.8 Å². The minimum absolute atomic E-state index is 0.0580. The molecule has 128 valence electrons. The van der Waals surface area contributed by atoms with Gasteiger partial charge < -0.3 is 10.4 Å². The number of nitrogens with zero attached hydrogens (tertiary/aromatic N) is 2.